The maximum atomic E-state index is 11.9. The van der Waals surface area contributed by atoms with Gasteiger partial charge in [-0.25, -0.2) is 0 Å². The smallest absolute Gasteiger partial charge is 0.264 e. The molecule has 0 saturated carbocycles. The van der Waals surface area contributed by atoms with E-state index in [0.29, 0.717) is 15.9 Å². The van der Waals surface area contributed by atoms with Crippen LogP contribution in [0.1, 0.15) is 11.1 Å². The third-order valence-electron chi connectivity index (χ3n) is 2.76. The molecule has 0 atom stereocenters. The van der Waals surface area contributed by atoms with E-state index in [1.54, 1.807) is 18.2 Å². The summed E-state index contributed by atoms with van der Waals surface area (Å²) in [7, 11) is 0. The summed E-state index contributed by atoms with van der Waals surface area (Å²) in [4.78, 5) is 11.9. The van der Waals surface area contributed by atoms with Gasteiger partial charge in [0, 0.05) is 10.8 Å². The normalized spacial score (nSPS) is 10.4. The van der Waals surface area contributed by atoms with Gasteiger partial charge >= 0.3 is 0 Å². The highest BCUT2D eigenvalue weighted by Gasteiger charge is 2.10. The number of hydrogen-bond donors (Lipinski definition) is 1. The molecular weight excluding hydrogens is 354 g/mol. The van der Waals surface area contributed by atoms with Gasteiger partial charge in [0.25, 0.3) is 5.91 Å². The van der Waals surface area contributed by atoms with Gasteiger partial charge in [-0.2, -0.15) is 0 Å². The molecule has 0 aliphatic rings. The van der Waals surface area contributed by atoms with Crippen molar-refractivity contribution in [3.63, 3.8) is 0 Å². The first kappa shape index (κ1) is 17.8. The second kappa shape index (κ2) is 8.33. The standard InChI is InChI=1S/C15H16ClN3O2S2/c1-4-5-22-15-19-18-14(23-15)17-12(20)8-21-11-6-9(2)13(16)10(3)7-11/h4,6-7H,1,5,8H2,2-3H3,(H,17,18,20). The summed E-state index contributed by atoms with van der Waals surface area (Å²) in [5.41, 5.74) is 1.82. The van der Waals surface area contributed by atoms with Crippen LogP contribution in [0.3, 0.4) is 0 Å². The van der Waals surface area contributed by atoms with Crippen molar-refractivity contribution < 1.29 is 9.53 Å². The molecule has 1 amide bonds. The van der Waals surface area contributed by atoms with Crippen LogP contribution in [0.4, 0.5) is 5.13 Å². The van der Waals surface area contributed by atoms with Crippen LogP contribution in [0.15, 0.2) is 29.1 Å². The molecule has 0 spiro atoms. The molecule has 2 aromatic rings. The van der Waals surface area contributed by atoms with Gasteiger partial charge in [-0.1, -0.05) is 40.8 Å². The van der Waals surface area contributed by atoms with E-state index in [9.17, 15) is 4.79 Å². The number of carbonyl (C=O) groups is 1. The lowest BCUT2D eigenvalue weighted by Gasteiger charge is -2.09. The van der Waals surface area contributed by atoms with Crippen LogP contribution in [0.2, 0.25) is 5.02 Å². The average Bonchev–Trinajstić information content (AvgIpc) is 2.95. The summed E-state index contributed by atoms with van der Waals surface area (Å²) in [6, 6.07) is 3.61. The first-order valence-corrected chi connectivity index (χ1v) is 8.94. The number of benzene rings is 1. The third-order valence-corrected chi connectivity index (χ3v) is 5.32. The Kier molecular flexibility index (Phi) is 6.44. The fourth-order valence-corrected chi connectivity index (χ4v) is 3.38. The molecule has 0 unspecified atom stereocenters. The minimum Gasteiger partial charge on any atom is -0.484 e. The van der Waals surface area contributed by atoms with Gasteiger partial charge in [0.2, 0.25) is 5.13 Å². The number of aromatic nitrogens is 2. The van der Waals surface area contributed by atoms with Crippen molar-refractivity contribution in [3.8, 4) is 5.75 Å². The molecule has 1 aromatic carbocycles. The lowest BCUT2D eigenvalue weighted by atomic mass is 10.1. The number of anilines is 1. The molecule has 0 radical (unpaired) electrons. The first-order chi connectivity index (χ1) is 11.0. The lowest BCUT2D eigenvalue weighted by molar-refractivity contribution is -0.118. The fraction of sp³-hybridized carbons (Fsp3) is 0.267. The number of nitrogens with zero attached hydrogens (tertiary/aromatic N) is 2. The Morgan fingerprint density at radius 2 is 2.13 bits per heavy atom. The maximum absolute atomic E-state index is 11.9. The van der Waals surface area contributed by atoms with Gasteiger partial charge in [-0.3, -0.25) is 10.1 Å². The van der Waals surface area contributed by atoms with Crippen LogP contribution >= 0.6 is 34.7 Å². The predicted octanol–water partition coefficient (Wildman–Crippen LogP) is 4.10. The van der Waals surface area contributed by atoms with E-state index in [1.807, 2.05) is 13.8 Å². The zero-order chi connectivity index (χ0) is 16.8. The van der Waals surface area contributed by atoms with Crippen molar-refractivity contribution in [3.05, 3.63) is 40.9 Å². The number of ether oxygens (including phenoxy) is 1. The van der Waals surface area contributed by atoms with Crippen molar-refractivity contribution in [1.82, 2.24) is 10.2 Å². The maximum Gasteiger partial charge on any atom is 0.264 e. The number of aryl methyl sites for hydroxylation is 2. The van der Waals surface area contributed by atoms with E-state index >= 15 is 0 Å². The van der Waals surface area contributed by atoms with Crippen LogP contribution < -0.4 is 10.1 Å². The van der Waals surface area contributed by atoms with Crippen molar-refractivity contribution in [2.24, 2.45) is 0 Å². The van der Waals surface area contributed by atoms with Crippen LogP contribution in [0, 0.1) is 13.8 Å². The van der Waals surface area contributed by atoms with E-state index < -0.39 is 0 Å². The molecule has 5 nitrogen and oxygen atoms in total. The topological polar surface area (TPSA) is 64.1 Å². The Bertz CT molecular complexity index is 695. The van der Waals surface area contributed by atoms with Gasteiger partial charge in [0.1, 0.15) is 5.75 Å². The third kappa shape index (κ3) is 5.23. The quantitative estimate of drug-likeness (QED) is 0.452. The molecule has 0 aliphatic carbocycles. The minimum absolute atomic E-state index is 0.102. The molecule has 23 heavy (non-hydrogen) atoms. The number of nitrogens with one attached hydrogen (secondary N) is 1. The summed E-state index contributed by atoms with van der Waals surface area (Å²) in [5, 5.41) is 11.7. The van der Waals surface area contributed by atoms with Crippen LogP contribution in [-0.4, -0.2) is 28.5 Å². The summed E-state index contributed by atoms with van der Waals surface area (Å²) in [5.74, 6) is 1.08. The number of amides is 1. The number of carbonyl (C=O) groups excluding carboxylic acids is 1. The highest BCUT2D eigenvalue weighted by molar-refractivity contribution is 8.01. The highest BCUT2D eigenvalue weighted by Crippen LogP contribution is 2.26. The Labute approximate surface area is 148 Å². The zero-order valence-corrected chi connectivity index (χ0v) is 15.1. The lowest BCUT2D eigenvalue weighted by Crippen LogP contribution is -2.20. The molecule has 8 heteroatoms. The largest absolute Gasteiger partial charge is 0.484 e. The van der Waals surface area contributed by atoms with Crippen molar-refractivity contribution in [1.29, 1.82) is 0 Å². The fourth-order valence-electron chi connectivity index (χ4n) is 1.74. The van der Waals surface area contributed by atoms with Crippen LogP contribution in [-0.2, 0) is 4.79 Å². The predicted molar refractivity (Wildman–Crippen MR) is 95.9 cm³/mol. The minimum atomic E-state index is -0.285. The molecular formula is C15H16ClN3O2S2. The molecule has 1 N–H and O–H groups in total. The average molecular weight is 370 g/mol. The van der Waals surface area contributed by atoms with E-state index in [2.05, 4.69) is 22.1 Å². The van der Waals surface area contributed by atoms with Crippen molar-refractivity contribution >= 4 is 45.7 Å². The highest BCUT2D eigenvalue weighted by atomic mass is 35.5. The Morgan fingerprint density at radius 3 is 2.78 bits per heavy atom. The number of rotatable bonds is 7. The zero-order valence-electron chi connectivity index (χ0n) is 12.8. The second-order valence-electron chi connectivity index (χ2n) is 4.68. The molecule has 0 saturated heterocycles. The van der Waals surface area contributed by atoms with E-state index in [1.165, 1.54) is 23.1 Å². The van der Waals surface area contributed by atoms with E-state index in [4.69, 9.17) is 16.3 Å². The first-order valence-electron chi connectivity index (χ1n) is 6.76. The number of hydrogen-bond acceptors (Lipinski definition) is 6. The van der Waals surface area contributed by atoms with Gasteiger partial charge in [-0.15, -0.1) is 16.8 Å². The Hall–Kier alpha value is -1.57. The SMILES string of the molecule is C=CCSc1nnc(NC(=O)COc2cc(C)c(Cl)c(C)c2)s1. The summed E-state index contributed by atoms with van der Waals surface area (Å²) in [6.07, 6.45) is 1.79. The van der Waals surface area contributed by atoms with Crippen LogP contribution in [0.5, 0.6) is 5.75 Å². The number of thioether (sulfide) groups is 1. The summed E-state index contributed by atoms with van der Waals surface area (Å²) < 4.78 is 6.28. The Balaban J connectivity index is 1.87. The van der Waals surface area contributed by atoms with Crippen molar-refractivity contribution in [2.75, 3.05) is 17.7 Å². The molecule has 0 fully saturated rings. The van der Waals surface area contributed by atoms with Gasteiger partial charge in [0.15, 0.2) is 10.9 Å². The summed E-state index contributed by atoms with van der Waals surface area (Å²) >= 11 is 8.93. The van der Waals surface area contributed by atoms with Crippen LogP contribution in [0.25, 0.3) is 0 Å². The summed E-state index contributed by atoms with van der Waals surface area (Å²) in [6.45, 7) is 7.33. The van der Waals surface area contributed by atoms with Gasteiger partial charge in [-0.05, 0) is 37.1 Å². The Morgan fingerprint density at radius 1 is 1.43 bits per heavy atom. The molecule has 0 aliphatic heterocycles. The molecule has 1 heterocycles. The number of halogens is 1. The monoisotopic (exact) mass is 369 g/mol. The van der Waals surface area contributed by atoms with E-state index in [-0.39, 0.29) is 12.5 Å². The molecule has 122 valence electrons. The molecule has 1 aromatic heterocycles. The van der Waals surface area contributed by atoms with Crippen molar-refractivity contribution in [2.45, 2.75) is 18.2 Å². The molecule has 0 bridgehead atoms. The van der Waals surface area contributed by atoms with E-state index in [0.717, 1.165) is 21.2 Å². The van der Waals surface area contributed by atoms with Gasteiger partial charge < -0.3 is 4.74 Å². The molecule has 2 rings (SSSR count). The van der Waals surface area contributed by atoms with Gasteiger partial charge in [0.05, 0.1) is 0 Å². The second-order valence-corrected chi connectivity index (χ2v) is 7.30.